The Morgan fingerprint density at radius 3 is 2.70 bits per heavy atom. The van der Waals surface area contributed by atoms with Crippen LogP contribution in [0.2, 0.25) is 5.02 Å². The molecule has 1 aromatic rings. The van der Waals surface area contributed by atoms with Gasteiger partial charge in [-0.15, -0.1) is 0 Å². The van der Waals surface area contributed by atoms with Crippen molar-refractivity contribution in [3.63, 3.8) is 0 Å². The molecule has 0 bridgehead atoms. The molecule has 0 aromatic heterocycles. The number of nitrogens with one attached hydrogen (secondary N) is 1. The van der Waals surface area contributed by atoms with Gasteiger partial charge in [0.2, 0.25) is 0 Å². The van der Waals surface area contributed by atoms with E-state index >= 15 is 0 Å². The zero-order chi connectivity index (χ0) is 7.40. The van der Waals surface area contributed by atoms with Gasteiger partial charge in [0.15, 0.2) is 0 Å². The highest BCUT2D eigenvalue weighted by Gasteiger charge is 1.93. The first kappa shape index (κ1) is 7.42. The first-order valence-electron chi connectivity index (χ1n) is 3.33. The Labute approximate surface area is 66.0 Å². The summed E-state index contributed by atoms with van der Waals surface area (Å²) in [5.41, 5.74) is 1.01. The third-order valence-electron chi connectivity index (χ3n) is 1.24. The lowest BCUT2D eigenvalue weighted by atomic mass is 10.3. The Kier molecular flexibility index (Phi) is 2.57. The Morgan fingerprint density at radius 2 is 2.10 bits per heavy atom. The second-order valence-electron chi connectivity index (χ2n) is 2.01. The van der Waals surface area contributed by atoms with Crippen LogP contribution in [0, 0.1) is 0 Å². The molecule has 0 fully saturated rings. The molecule has 0 atom stereocenters. The molecule has 2 heteroatoms. The van der Waals surface area contributed by atoms with Crippen molar-refractivity contribution in [1.82, 2.24) is 0 Å². The summed E-state index contributed by atoms with van der Waals surface area (Å²) in [6, 6.07) is 7.72. The smallest absolute Gasteiger partial charge is 0.0637 e. The number of hydrogen-bond acceptors (Lipinski definition) is 1. The van der Waals surface area contributed by atoms with Crippen molar-refractivity contribution in [2.75, 3.05) is 11.9 Å². The van der Waals surface area contributed by atoms with Crippen molar-refractivity contribution >= 4 is 17.3 Å². The van der Waals surface area contributed by atoms with Crippen LogP contribution in [0.15, 0.2) is 24.3 Å². The maximum Gasteiger partial charge on any atom is 0.0637 e. The molecule has 0 spiro atoms. The van der Waals surface area contributed by atoms with E-state index in [1.807, 2.05) is 31.2 Å². The molecular weight excluding hydrogens is 146 g/mol. The lowest BCUT2D eigenvalue weighted by Gasteiger charge is -2.03. The van der Waals surface area contributed by atoms with Crippen molar-refractivity contribution in [2.24, 2.45) is 0 Å². The van der Waals surface area contributed by atoms with E-state index in [1.165, 1.54) is 0 Å². The minimum atomic E-state index is 0.782. The van der Waals surface area contributed by atoms with Crippen LogP contribution in [0.4, 0.5) is 5.69 Å². The summed E-state index contributed by atoms with van der Waals surface area (Å²) >= 11 is 5.84. The Bertz CT molecular complexity index is 210. The summed E-state index contributed by atoms with van der Waals surface area (Å²) in [6.07, 6.45) is 0. The van der Waals surface area contributed by atoms with Gasteiger partial charge in [-0.1, -0.05) is 23.7 Å². The summed E-state index contributed by atoms with van der Waals surface area (Å²) < 4.78 is 0. The summed E-state index contributed by atoms with van der Waals surface area (Å²) in [7, 11) is 0. The van der Waals surface area contributed by atoms with Gasteiger partial charge < -0.3 is 5.32 Å². The third-order valence-corrected chi connectivity index (χ3v) is 1.57. The maximum atomic E-state index is 5.84. The predicted octanol–water partition coefficient (Wildman–Crippen LogP) is 2.77. The van der Waals surface area contributed by atoms with E-state index in [4.69, 9.17) is 11.6 Å². The molecule has 0 unspecified atom stereocenters. The van der Waals surface area contributed by atoms with E-state index in [9.17, 15) is 0 Å². The van der Waals surface area contributed by atoms with E-state index in [1.54, 1.807) is 0 Å². The van der Waals surface area contributed by atoms with Crippen LogP contribution < -0.4 is 5.32 Å². The van der Waals surface area contributed by atoms with Crippen molar-refractivity contribution < 1.29 is 0 Å². The Hall–Kier alpha value is -0.690. The maximum absolute atomic E-state index is 5.84. The van der Waals surface area contributed by atoms with Gasteiger partial charge in [0.1, 0.15) is 0 Å². The summed E-state index contributed by atoms with van der Waals surface area (Å²) in [4.78, 5) is 0. The quantitative estimate of drug-likeness (QED) is 0.693. The van der Waals surface area contributed by atoms with Crippen LogP contribution in [0.5, 0.6) is 0 Å². The molecule has 1 aromatic carbocycles. The number of halogens is 1. The molecule has 0 saturated carbocycles. The molecule has 0 saturated heterocycles. The largest absolute Gasteiger partial charge is 0.384 e. The van der Waals surface area contributed by atoms with Crippen LogP contribution in [0.1, 0.15) is 6.92 Å². The standard InChI is InChI=1S/C8H10ClN/c1-2-10-8-6-4-3-5-7(8)9/h3-6,10H,2H2,1H3. The van der Waals surface area contributed by atoms with Crippen LogP contribution in [0.3, 0.4) is 0 Å². The highest BCUT2D eigenvalue weighted by Crippen LogP contribution is 2.19. The Morgan fingerprint density at radius 1 is 1.40 bits per heavy atom. The molecule has 0 aliphatic carbocycles. The molecule has 0 radical (unpaired) electrons. The minimum absolute atomic E-state index is 0.782. The van der Waals surface area contributed by atoms with E-state index in [-0.39, 0.29) is 0 Å². The predicted molar refractivity (Wildman–Crippen MR) is 45.6 cm³/mol. The molecular formula is C8H10ClN. The van der Waals surface area contributed by atoms with Gasteiger partial charge in [-0.3, -0.25) is 0 Å². The van der Waals surface area contributed by atoms with Gasteiger partial charge in [-0.05, 0) is 19.1 Å². The van der Waals surface area contributed by atoms with E-state index in [2.05, 4.69) is 5.32 Å². The minimum Gasteiger partial charge on any atom is -0.384 e. The van der Waals surface area contributed by atoms with Crippen molar-refractivity contribution in [3.8, 4) is 0 Å². The van der Waals surface area contributed by atoms with Crippen LogP contribution in [-0.4, -0.2) is 6.54 Å². The highest BCUT2D eigenvalue weighted by atomic mass is 35.5. The van der Waals surface area contributed by atoms with Gasteiger partial charge in [-0.2, -0.15) is 0 Å². The fraction of sp³-hybridized carbons (Fsp3) is 0.250. The van der Waals surface area contributed by atoms with Crippen LogP contribution in [-0.2, 0) is 0 Å². The van der Waals surface area contributed by atoms with Gasteiger partial charge in [-0.25, -0.2) is 0 Å². The monoisotopic (exact) mass is 155 g/mol. The zero-order valence-corrected chi connectivity index (χ0v) is 6.65. The SMILES string of the molecule is CCNc1ccccc1Cl. The lowest BCUT2D eigenvalue weighted by molar-refractivity contribution is 1.21. The first-order valence-corrected chi connectivity index (χ1v) is 3.70. The number of benzene rings is 1. The molecule has 1 nitrogen and oxygen atoms in total. The molecule has 1 N–H and O–H groups in total. The third kappa shape index (κ3) is 1.64. The second kappa shape index (κ2) is 3.47. The van der Waals surface area contributed by atoms with Crippen molar-refractivity contribution in [3.05, 3.63) is 29.3 Å². The lowest BCUT2D eigenvalue weighted by Crippen LogP contribution is -1.95. The number of rotatable bonds is 2. The fourth-order valence-electron chi connectivity index (χ4n) is 0.795. The van der Waals surface area contributed by atoms with E-state index in [0.717, 1.165) is 17.3 Å². The van der Waals surface area contributed by atoms with Crippen molar-refractivity contribution in [1.29, 1.82) is 0 Å². The molecule has 0 aliphatic rings. The zero-order valence-electron chi connectivity index (χ0n) is 5.89. The molecule has 0 amide bonds. The highest BCUT2D eigenvalue weighted by molar-refractivity contribution is 6.33. The number of anilines is 1. The Balaban J connectivity index is 2.81. The molecule has 1 rings (SSSR count). The van der Waals surface area contributed by atoms with Gasteiger partial charge in [0, 0.05) is 6.54 Å². The molecule has 10 heavy (non-hydrogen) atoms. The second-order valence-corrected chi connectivity index (χ2v) is 2.42. The normalized spacial score (nSPS) is 9.40. The topological polar surface area (TPSA) is 12.0 Å². The van der Waals surface area contributed by atoms with E-state index < -0.39 is 0 Å². The van der Waals surface area contributed by atoms with Crippen molar-refractivity contribution in [2.45, 2.75) is 6.92 Å². The van der Waals surface area contributed by atoms with Crippen LogP contribution in [0.25, 0.3) is 0 Å². The number of para-hydroxylation sites is 1. The van der Waals surface area contributed by atoms with E-state index in [0.29, 0.717) is 0 Å². The molecule has 0 aliphatic heterocycles. The summed E-state index contributed by atoms with van der Waals surface area (Å²) in [5, 5.41) is 3.93. The van der Waals surface area contributed by atoms with Crippen LogP contribution >= 0.6 is 11.6 Å². The number of hydrogen-bond donors (Lipinski definition) is 1. The van der Waals surface area contributed by atoms with Gasteiger partial charge in [0.25, 0.3) is 0 Å². The summed E-state index contributed by atoms with van der Waals surface area (Å²) in [6.45, 7) is 2.95. The average Bonchev–Trinajstić information content (AvgIpc) is 1.94. The van der Waals surface area contributed by atoms with Gasteiger partial charge in [0.05, 0.1) is 10.7 Å². The molecule has 0 heterocycles. The first-order chi connectivity index (χ1) is 4.84. The summed E-state index contributed by atoms with van der Waals surface area (Å²) in [5.74, 6) is 0. The molecule has 54 valence electrons. The average molecular weight is 156 g/mol. The fourth-order valence-corrected chi connectivity index (χ4v) is 0.998. The van der Waals surface area contributed by atoms with Gasteiger partial charge >= 0.3 is 0 Å².